The van der Waals surface area contributed by atoms with Crippen molar-refractivity contribution in [3.05, 3.63) is 0 Å². The van der Waals surface area contributed by atoms with Crippen molar-refractivity contribution in [3.63, 3.8) is 0 Å². The number of carboxylic acids is 1. The fourth-order valence-corrected chi connectivity index (χ4v) is 3.16. The lowest BCUT2D eigenvalue weighted by atomic mass is 9.53. The molecule has 3 saturated carbocycles. The number of carbonyl (C=O) groups is 2. The monoisotopic (exact) mass is 225 g/mol. The third-order valence-corrected chi connectivity index (χ3v) is 4.57. The van der Waals surface area contributed by atoms with Gasteiger partial charge in [0.15, 0.2) is 0 Å². The molecular formula is C12H19NO3. The summed E-state index contributed by atoms with van der Waals surface area (Å²) >= 11 is 0. The number of carbonyl (C=O) groups excluding carboxylic acids is 1. The Kier molecular flexibility index (Phi) is 2.68. The first kappa shape index (κ1) is 11.4. The van der Waals surface area contributed by atoms with Crippen LogP contribution in [0.4, 0.5) is 0 Å². The van der Waals surface area contributed by atoms with E-state index < -0.39 is 11.4 Å². The second kappa shape index (κ2) is 3.75. The van der Waals surface area contributed by atoms with Gasteiger partial charge in [0, 0.05) is 13.5 Å². The van der Waals surface area contributed by atoms with E-state index in [1.54, 1.807) is 0 Å². The zero-order valence-electron chi connectivity index (χ0n) is 9.71. The highest BCUT2D eigenvalue weighted by Gasteiger charge is 2.52. The molecule has 0 atom stereocenters. The van der Waals surface area contributed by atoms with Crippen molar-refractivity contribution in [1.29, 1.82) is 0 Å². The Balaban J connectivity index is 2.00. The predicted molar refractivity (Wildman–Crippen MR) is 58.9 cm³/mol. The van der Waals surface area contributed by atoms with Crippen molar-refractivity contribution in [2.75, 3.05) is 6.54 Å². The summed E-state index contributed by atoms with van der Waals surface area (Å²) in [5, 5.41) is 12.1. The molecule has 4 nitrogen and oxygen atoms in total. The summed E-state index contributed by atoms with van der Waals surface area (Å²) in [6.07, 6.45) is 5.17. The third kappa shape index (κ3) is 1.81. The smallest absolute Gasteiger partial charge is 0.309 e. The van der Waals surface area contributed by atoms with E-state index in [1.807, 2.05) is 0 Å². The van der Waals surface area contributed by atoms with E-state index in [0.717, 1.165) is 45.1 Å². The first-order valence-corrected chi connectivity index (χ1v) is 5.96. The molecule has 0 saturated heterocycles. The van der Waals surface area contributed by atoms with Crippen molar-refractivity contribution in [2.45, 2.75) is 45.4 Å². The van der Waals surface area contributed by atoms with Crippen LogP contribution in [0.3, 0.4) is 0 Å². The maximum absolute atomic E-state index is 11.2. The molecule has 3 fully saturated rings. The van der Waals surface area contributed by atoms with Crippen molar-refractivity contribution >= 4 is 11.9 Å². The van der Waals surface area contributed by atoms with E-state index in [4.69, 9.17) is 0 Å². The topological polar surface area (TPSA) is 66.4 Å². The van der Waals surface area contributed by atoms with Gasteiger partial charge in [0.1, 0.15) is 0 Å². The average Bonchev–Trinajstić information content (AvgIpc) is 2.29. The van der Waals surface area contributed by atoms with Crippen LogP contribution in [0.2, 0.25) is 0 Å². The molecule has 90 valence electrons. The zero-order valence-corrected chi connectivity index (χ0v) is 9.71. The van der Waals surface area contributed by atoms with E-state index in [2.05, 4.69) is 5.32 Å². The van der Waals surface area contributed by atoms with Gasteiger partial charge < -0.3 is 10.4 Å². The van der Waals surface area contributed by atoms with Gasteiger partial charge in [-0.25, -0.2) is 0 Å². The Morgan fingerprint density at radius 1 is 1.12 bits per heavy atom. The molecule has 2 N–H and O–H groups in total. The number of fused-ring (bicyclic) bond motifs is 3. The first-order valence-electron chi connectivity index (χ1n) is 5.96. The molecule has 3 aliphatic rings. The highest BCUT2D eigenvalue weighted by atomic mass is 16.4. The van der Waals surface area contributed by atoms with E-state index in [9.17, 15) is 14.7 Å². The number of carboxylic acid groups (broad SMARTS) is 1. The number of amides is 1. The largest absolute Gasteiger partial charge is 0.481 e. The molecule has 0 radical (unpaired) electrons. The first-order chi connectivity index (χ1) is 7.48. The minimum absolute atomic E-state index is 0.00928. The second-order valence-corrected chi connectivity index (χ2v) is 5.50. The summed E-state index contributed by atoms with van der Waals surface area (Å²) in [7, 11) is 0. The molecule has 3 rings (SSSR count). The van der Waals surface area contributed by atoms with Crippen molar-refractivity contribution in [3.8, 4) is 0 Å². The zero-order chi connectivity index (χ0) is 11.8. The number of aliphatic carboxylic acids is 1. The molecule has 0 aliphatic heterocycles. The average molecular weight is 225 g/mol. The standard InChI is InChI=1S/C12H19NO3/c1-9(14)13-8-11-2-5-12(6-3-11,7-4-11)10(15)16/h2-8H2,1H3,(H,13,14)(H,15,16). The summed E-state index contributed by atoms with van der Waals surface area (Å²) in [6.45, 7) is 2.25. The highest BCUT2D eigenvalue weighted by Crippen LogP contribution is 2.56. The van der Waals surface area contributed by atoms with Crippen LogP contribution in [0.25, 0.3) is 0 Å². The molecule has 1 amide bonds. The van der Waals surface area contributed by atoms with Crippen LogP contribution in [0.1, 0.15) is 45.4 Å². The van der Waals surface area contributed by atoms with Crippen LogP contribution >= 0.6 is 0 Å². The molecule has 4 heteroatoms. The maximum atomic E-state index is 11.2. The van der Waals surface area contributed by atoms with E-state index >= 15 is 0 Å². The molecule has 0 aromatic rings. The fourth-order valence-electron chi connectivity index (χ4n) is 3.16. The second-order valence-electron chi connectivity index (χ2n) is 5.50. The lowest BCUT2D eigenvalue weighted by Crippen LogP contribution is -2.50. The lowest BCUT2D eigenvalue weighted by Gasteiger charge is -2.51. The van der Waals surface area contributed by atoms with Crippen LogP contribution in [-0.4, -0.2) is 23.5 Å². The van der Waals surface area contributed by atoms with Gasteiger partial charge in [-0.2, -0.15) is 0 Å². The van der Waals surface area contributed by atoms with Gasteiger partial charge >= 0.3 is 5.97 Å². The van der Waals surface area contributed by atoms with Gasteiger partial charge in [0.05, 0.1) is 5.41 Å². The Hall–Kier alpha value is -1.06. The maximum Gasteiger partial charge on any atom is 0.309 e. The summed E-state index contributed by atoms with van der Waals surface area (Å²) in [6, 6.07) is 0. The van der Waals surface area contributed by atoms with Crippen LogP contribution in [0.15, 0.2) is 0 Å². The number of rotatable bonds is 3. The number of hydrogen-bond acceptors (Lipinski definition) is 2. The molecular weight excluding hydrogens is 206 g/mol. The molecule has 0 unspecified atom stereocenters. The molecule has 0 spiro atoms. The lowest BCUT2D eigenvalue weighted by molar-refractivity contribution is -0.159. The quantitative estimate of drug-likeness (QED) is 0.765. The van der Waals surface area contributed by atoms with E-state index in [-0.39, 0.29) is 11.3 Å². The van der Waals surface area contributed by atoms with Gasteiger partial charge in [-0.05, 0) is 43.9 Å². The Morgan fingerprint density at radius 3 is 2.00 bits per heavy atom. The minimum Gasteiger partial charge on any atom is -0.481 e. The number of hydrogen-bond donors (Lipinski definition) is 2. The molecule has 16 heavy (non-hydrogen) atoms. The Labute approximate surface area is 95.4 Å². The normalized spacial score (nSPS) is 37.1. The van der Waals surface area contributed by atoms with E-state index in [0.29, 0.717) is 0 Å². The fraction of sp³-hybridized carbons (Fsp3) is 0.833. The van der Waals surface area contributed by atoms with Crippen LogP contribution in [-0.2, 0) is 9.59 Å². The van der Waals surface area contributed by atoms with Crippen molar-refractivity contribution in [2.24, 2.45) is 10.8 Å². The molecule has 2 bridgehead atoms. The minimum atomic E-state index is -0.625. The number of nitrogens with one attached hydrogen (secondary N) is 1. The van der Waals surface area contributed by atoms with Crippen molar-refractivity contribution < 1.29 is 14.7 Å². The van der Waals surface area contributed by atoms with E-state index in [1.165, 1.54) is 6.92 Å². The summed E-state index contributed by atoms with van der Waals surface area (Å²) in [5.74, 6) is -0.615. The predicted octanol–water partition coefficient (Wildman–Crippen LogP) is 1.55. The van der Waals surface area contributed by atoms with Crippen LogP contribution < -0.4 is 5.32 Å². The van der Waals surface area contributed by atoms with Crippen LogP contribution in [0, 0.1) is 10.8 Å². The SMILES string of the molecule is CC(=O)NCC12CCC(C(=O)O)(CC1)CC2. The van der Waals surface area contributed by atoms with Gasteiger partial charge in [-0.15, -0.1) is 0 Å². The third-order valence-electron chi connectivity index (χ3n) is 4.57. The van der Waals surface area contributed by atoms with Gasteiger partial charge in [0.2, 0.25) is 5.91 Å². The van der Waals surface area contributed by atoms with Gasteiger partial charge in [-0.3, -0.25) is 9.59 Å². The molecule has 3 aliphatic carbocycles. The molecule has 0 aromatic carbocycles. The Bertz CT molecular complexity index is 300. The summed E-state index contributed by atoms with van der Waals surface area (Å²) in [4.78, 5) is 22.2. The van der Waals surface area contributed by atoms with Gasteiger partial charge in [0.25, 0.3) is 0 Å². The Morgan fingerprint density at radius 2 is 1.62 bits per heavy atom. The van der Waals surface area contributed by atoms with Gasteiger partial charge in [-0.1, -0.05) is 0 Å². The summed E-state index contributed by atoms with van der Waals surface area (Å²) in [5.41, 5.74) is -0.263. The van der Waals surface area contributed by atoms with Crippen molar-refractivity contribution in [1.82, 2.24) is 5.32 Å². The highest BCUT2D eigenvalue weighted by molar-refractivity contribution is 5.75. The molecule has 0 aromatic heterocycles. The molecule has 0 heterocycles. The van der Waals surface area contributed by atoms with Crippen LogP contribution in [0.5, 0.6) is 0 Å². The summed E-state index contributed by atoms with van der Waals surface area (Å²) < 4.78 is 0.